The average molecular weight is 184 g/mol. The second-order valence-corrected chi connectivity index (χ2v) is 1.70. The molecule has 0 amide bonds. The van der Waals surface area contributed by atoms with Crippen LogP contribution in [0.2, 0.25) is 0 Å². The number of benzene rings is 1. The second kappa shape index (κ2) is 4.38. The molecule has 0 bridgehead atoms. The molecule has 0 aliphatic carbocycles. The molecular weight excluding hydrogens is 180 g/mol. The number of halogens is 1. The fourth-order valence-corrected chi connectivity index (χ4v) is 0.582. The van der Waals surface area contributed by atoms with Crippen LogP contribution >= 0.6 is 0 Å². The minimum Gasteiger partial charge on any atom is -0.487 e. The Morgan fingerprint density at radius 1 is 1.64 bits per heavy atom. The van der Waals surface area contributed by atoms with Gasteiger partial charge in [0.25, 0.3) is 5.97 Å². The normalized spacial score (nSPS) is 8.45. The first kappa shape index (κ1) is 10.5. The number of aromatic carboxylic acids is 1. The van der Waals surface area contributed by atoms with E-state index in [1.807, 2.05) is 0 Å². The third-order valence-corrected chi connectivity index (χ3v) is 1.04. The first-order valence-corrected chi connectivity index (χ1v) is 2.61. The molecule has 2 nitrogen and oxygen atoms in total. The van der Waals surface area contributed by atoms with Crippen molar-refractivity contribution in [2.75, 3.05) is 0 Å². The summed E-state index contributed by atoms with van der Waals surface area (Å²) in [6.45, 7) is 0. The van der Waals surface area contributed by atoms with Crippen molar-refractivity contribution < 1.29 is 40.1 Å². The van der Waals surface area contributed by atoms with Crippen LogP contribution in [0.5, 0.6) is 0 Å². The Bertz CT molecular complexity index is 262. The van der Waals surface area contributed by atoms with Crippen LogP contribution in [0.3, 0.4) is 0 Å². The largest absolute Gasteiger partial charge is 0.487 e. The maximum Gasteiger partial charge on any atom is 0.281 e. The molecule has 1 rings (SSSR count). The smallest absolute Gasteiger partial charge is 0.281 e. The first-order valence-electron chi connectivity index (χ1n) is 2.61. The van der Waals surface area contributed by atoms with Crippen molar-refractivity contribution in [3.05, 3.63) is 35.6 Å². The van der Waals surface area contributed by atoms with E-state index in [2.05, 4.69) is 6.07 Å². The van der Waals surface area contributed by atoms with Crippen molar-refractivity contribution in [2.45, 2.75) is 0 Å². The Morgan fingerprint density at radius 2 is 2.27 bits per heavy atom. The standard InChI is InChI=1S/C7H4FO2.Sc/c8-6-4-2-1-3-5(6)7(9)10;/h1-3H,(H,9,10);/q-1;. The first-order chi connectivity index (χ1) is 4.72. The van der Waals surface area contributed by atoms with E-state index in [4.69, 9.17) is 5.11 Å². The molecule has 0 aliphatic heterocycles. The van der Waals surface area contributed by atoms with Gasteiger partial charge in [0.15, 0.2) is 0 Å². The van der Waals surface area contributed by atoms with Gasteiger partial charge in [-0.15, -0.1) is 6.07 Å². The maximum absolute atomic E-state index is 12.4. The van der Waals surface area contributed by atoms with Crippen LogP contribution in [0.1, 0.15) is 10.4 Å². The zero-order valence-electron chi connectivity index (χ0n) is 5.54. The van der Waals surface area contributed by atoms with E-state index in [-0.39, 0.29) is 31.4 Å². The second-order valence-electron chi connectivity index (χ2n) is 1.70. The molecule has 0 heterocycles. The van der Waals surface area contributed by atoms with Crippen LogP contribution < -0.4 is 0 Å². The minimum atomic E-state index is -1.27. The average Bonchev–Trinajstić information content (AvgIpc) is 1.88. The minimum absolute atomic E-state index is 0. The van der Waals surface area contributed by atoms with Gasteiger partial charge >= 0.3 is 0 Å². The van der Waals surface area contributed by atoms with Gasteiger partial charge < -0.3 is 5.11 Å². The van der Waals surface area contributed by atoms with E-state index < -0.39 is 11.8 Å². The molecule has 0 spiro atoms. The number of carbonyl (C=O) groups is 1. The number of hydrogen-bond acceptors (Lipinski definition) is 1. The van der Waals surface area contributed by atoms with Gasteiger partial charge in [0.2, 0.25) is 0 Å². The van der Waals surface area contributed by atoms with E-state index in [0.717, 1.165) is 0 Å². The summed E-state index contributed by atoms with van der Waals surface area (Å²) in [5, 5.41) is 8.31. The number of rotatable bonds is 1. The van der Waals surface area contributed by atoms with Crippen molar-refractivity contribution >= 4 is 5.97 Å². The van der Waals surface area contributed by atoms with Crippen molar-refractivity contribution in [2.24, 2.45) is 0 Å². The zero-order chi connectivity index (χ0) is 7.56. The molecule has 0 fully saturated rings. The van der Waals surface area contributed by atoms with Gasteiger partial charge in [0.1, 0.15) is 0 Å². The molecule has 1 radical (unpaired) electrons. The third kappa shape index (κ3) is 2.54. The van der Waals surface area contributed by atoms with Crippen molar-refractivity contribution in [3.63, 3.8) is 0 Å². The van der Waals surface area contributed by atoms with Crippen LogP contribution in [-0.4, -0.2) is 11.1 Å². The Hall–Kier alpha value is -0.510. The molecule has 0 saturated carbocycles. The van der Waals surface area contributed by atoms with Crippen LogP contribution in [0.15, 0.2) is 18.2 Å². The van der Waals surface area contributed by atoms with E-state index in [9.17, 15) is 9.18 Å². The molecule has 55 valence electrons. The number of carboxylic acid groups (broad SMARTS) is 1. The van der Waals surface area contributed by atoms with E-state index in [1.165, 1.54) is 18.2 Å². The van der Waals surface area contributed by atoms with Gasteiger partial charge in [-0.2, -0.15) is 18.2 Å². The van der Waals surface area contributed by atoms with Crippen LogP contribution in [0.4, 0.5) is 4.39 Å². The van der Waals surface area contributed by atoms with E-state index in [1.54, 1.807) is 0 Å². The van der Waals surface area contributed by atoms with Crippen LogP contribution in [-0.2, 0) is 25.8 Å². The molecule has 0 unspecified atom stereocenters. The molecule has 0 aromatic heterocycles. The topological polar surface area (TPSA) is 37.3 Å². The number of carboxylic acids is 1. The van der Waals surface area contributed by atoms with Crippen molar-refractivity contribution in [1.29, 1.82) is 0 Å². The van der Waals surface area contributed by atoms with Crippen LogP contribution in [0.25, 0.3) is 0 Å². The van der Waals surface area contributed by atoms with E-state index in [0.29, 0.717) is 0 Å². The maximum atomic E-state index is 12.4. The summed E-state index contributed by atoms with van der Waals surface area (Å²) in [7, 11) is 0. The molecule has 1 aromatic rings. The summed E-state index contributed by atoms with van der Waals surface area (Å²) in [5.41, 5.74) is -0.345. The fraction of sp³-hybridized carbons (Fsp3) is 0. The SMILES string of the molecule is O=C(O)c1ccc[c-]c1F.[Sc]. The van der Waals surface area contributed by atoms with Crippen molar-refractivity contribution in [1.82, 2.24) is 0 Å². The summed E-state index contributed by atoms with van der Waals surface area (Å²) < 4.78 is 12.4. The Morgan fingerprint density at radius 3 is 2.64 bits per heavy atom. The van der Waals surface area contributed by atoms with Gasteiger partial charge in [-0.1, -0.05) is 0 Å². The molecule has 11 heavy (non-hydrogen) atoms. The van der Waals surface area contributed by atoms with Gasteiger partial charge in [-0.3, -0.25) is 4.79 Å². The summed E-state index contributed by atoms with van der Waals surface area (Å²) in [6, 6.07) is 6.07. The van der Waals surface area contributed by atoms with Gasteiger partial charge in [-0.25, -0.2) is 4.39 Å². The van der Waals surface area contributed by atoms with Crippen LogP contribution in [0, 0.1) is 11.9 Å². The summed E-state index contributed by atoms with van der Waals surface area (Å²) in [5.74, 6) is -2.09. The predicted octanol–water partition coefficient (Wildman–Crippen LogP) is 1.32. The number of hydrogen-bond donors (Lipinski definition) is 1. The summed E-state index contributed by atoms with van der Waals surface area (Å²) in [6.07, 6.45) is 0. The monoisotopic (exact) mass is 184 g/mol. The van der Waals surface area contributed by atoms with Gasteiger partial charge in [0, 0.05) is 31.7 Å². The fourth-order valence-electron chi connectivity index (χ4n) is 0.582. The summed E-state index contributed by atoms with van der Waals surface area (Å²) in [4.78, 5) is 10.2. The summed E-state index contributed by atoms with van der Waals surface area (Å²) >= 11 is 0. The molecule has 0 atom stereocenters. The van der Waals surface area contributed by atoms with Gasteiger partial charge in [-0.05, 0) is 5.56 Å². The molecule has 0 saturated heterocycles. The molecule has 1 N–H and O–H groups in total. The zero-order valence-corrected chi connectivity index (χ0v) is 7.35. The molecular formula is C7H4FO2Sc-. The van der Waals surface area contributed by atoms with Gasteiger partial charge in [0.05, 0.1) is 0 Å². The van der Waals surface area contributed by atoms with E-state index >= 15 is 0 Å². The molecule has 1 aromatic carbocycles. The predicted molar refractivity (Wildman–Crippen MR) is 32.2 cm³/mol. The van der Waals surface area contributed by atoms with Crippen molar-refractivity contribution in [3.8, 4) is 0 Å². The molecule has 0 aliphatic rings. The Kier molecular flexibility index (Phi) is 4.18. The quantitative estimate of drug-likeness (QED) is 0.668. The Labute approximate surface area is 81.8 Å². The molecule has 4 heteroatoms. The third-order valence-electron chi connectivity index (χ3n) is 1.04. The Balaban J connectivity index is 0.000001000.